The minimum atomic E-state index is -0.826. The van der Waals surface area contributed by atoms with Crippen LogP contribution in [0.25, 0.3) is 11.1 Å². The molecule has 0 saturated heterocycles. The van der Waals surface area contributed by atoms with Gasteiger partial charge >= 0.3 is 0 Å². The van der Waals surface area contributed by atoms with E-state index in [2.05, 4.69) is 15.5 Å². The number of benzene rings is 2. The lowest BCUT2D eigenvalue weighted by molar-refractivity contribution is -0.117. The van der Waals surface area contributed by atoms with Gasteiger partial charge in [-0.25, -0.2) is 4.39 Å². The third kappa shape index (κ3) is 6.27. The summed E-state index contributed by atoms with van der Waals surface area (Å²) in [6.07, 6.45) is 3.42. The van der Waals surface area contributed by atoms with Crippen LogP contribution >= 0.6 is 11.6 Å². The van der Waals surface area contributed by atoms with E-state index in [4.69, 9.17) is 22.1 Å². The zero-order valence-electron chi connectivity index (χ0n) is 17.4. The lowest BCUT2D eigenvalue weighted by Crippen LogP contribution is -2.37. The van der Waals surface area contributed by atoms with Gasteiger partial charge in [-0.05, 0) is 44.3 Å². The Balaban J connectivity index is 1.79. The van der Waals surface area contributed by atoms with Crippen molar-refractivity contribution in [2.45, 2.75) is 12.5 Å². The molecule has 3 rings (SSSR count). The van der Waals surface area contributed by atoms with Crippen molar-refractivity contribution in [1.29, 1.82) is 0 Å². The van der Waals surface area contributed by atoms with Gasteiger partial charge in [-0.2, -0.15) is 5.10 Å². The minimum Gasteiger partial charge on any atom is -0.490 e. The van der Waals surface area contributed by atoms with E-state index in [0.29, 0.717) is 41.5 Å². The van der Waals surface area contributed by atoms with Crippen molar-refractivity contribution in [3.8, 4) is 16.9 Å². The van der Waals surface area contributed by atoms with Crippen molar-refractivity contribution >= 4 is 23.2 Å². The quantitative estimate of drug-likeness (QED) is 0.469. The molecule has 0 aliphatic heterocycles. The van der Waals surface area contributed by atoms with Gasteiger partial charge in [-0.3, -0.25) is 9.89 Å². The number of H-pyrrole nitrogens is 1. The SMILES string of the molecule is CN(C)CCOc1cc(-c2cn[nH]c2)c(F)cc1NC(=O)C(N)Cc1ccc(Cl)cc1. The highest BCUT2D eigenvalue weighted by atomic mass is 35.5. The Morgan fingerprint density at radius 2 is 2.06 bits per heavy atom. The third-order valence-corrected chi connectivity index (χ3v) is 4.89. The second kappa shape index (κ2) is 10.4. The molecule has 0 aliphatic rings. The number of hydrogen-bond donors (Lipinski definition) is 3. The number of aromatic amines is 1. The van der Waals surface area contributed by atoms with Crippen LogP contribution in [0.15, 0.2) is 48.8 Å². The molecule has 9 heteroatoms. The molecule has 7 nitrogen and oxygen atoms in total. The van der Waals surface area contributed by atoms with Gasteiger partial charge < -0.3 is 20.7 Å². The number of amides is 1. The standard InChI is InChI=1S/C22H25ClFN5O2/c1-29(2)7-8-31-21-10-17(15-12-26-27-13-15)18(24)11-20(21)28-22(30)19(25)9-14-3-5-16(23)6-4-14/h3-6,10-13,19H,7-9,25H2,1-2H3,(H,26,27)(H,28,30). The van der Waals surface area contributed by atoms with Crippen LogP contribution in [0.5, 0.6) is 5.75 Å². The fourth-order valence-electron chi connectivity index (χ4n) is 2.92. The molecule has 1 aromatic heterocycles. The van der Waals surface area contributed by atoms with Crippen LogP contribution < -0.4 is 15.8 Å². The number of rotatable bonds is 9. The highest BCUT2D eigenvalue weighted by molar-refractivity contribution is 6.30. The highest BCUT2D eigenvalue weighted by Crippen LogP contribution is 2.33. The summed E-state index contributed by atoms with van der Waals surface area (Å²) in [6, 6.07) is 9.06. The Bertz CT molecular complexity index is 1010. The summed E-state index contributed by atoms with van der Waals surface area (Å²) in [6.45, 7) is 1.02. The van der Waals surface area contributed by atoms with E-state index in [1.165, 1.54) is 12.3 Å². The summed E-state index contributed by atoms with van der Waals surface area (Å²) in [5.74, 6) is -0.600. The first-order valence-electron chi connectivity index (χ1n) is 9.74. The van der Waals surface area contributed by atoms with Gasteiger partial charge in [0.2, 0.25) is 5.91 Å². The zero-order chi connectivity index (χ0) is 22.4. The zero-order valence-corrected chi connectivity index (χ0v) is 18.1. The lowest BCUT2D eigenvalue weighted by Gasteiger charge is -2.18. The normalized spacial score (nSPS) is 12.1. The Morgan fingerprint density at radius 3 is 2.71 bits per heavy atom. The van der Waals surface area contributed by atoms with Gasteiger partial charge in [-0.1, -0.05) is 23.7 Å². The molecule has 3 aromatic rings. The van der Waals surface area contributed by atoms with Gasteiger partial charge in [0.1, 0.15) is 18.2 Å². The van der Waals surface area contributed by atoms with Crippen LogP contribution in [0.1, 0.15) is 5.56 Å². The Morgan fingerprint density at radius 1 is 1.32 bits per heavy atom. The van der Waals surface area contributed by atoms with Gasteiger partial charge in [0.25, 0.3) is 0 Å². The molecule has 164 valence electrons. The first-order valence-corrected chi connectivity index (χ1v) is 10.1. The number of carbonyl (C=O) groups excluding carboxylic acids is 1. The Kier molecular flexibility index (Phi) is 7.62. The van der Waals surface area contributed by atoms with Crippen molar-refractivity contribution in [2.24, 2.45) is 5.73 Å². The van der Waals surface area contributed by atoms with E-state index < -0.39 is 17.8 Å². The minimum absolute atomic E-state index is 0.222. The molecule has 0 spiro atoms. The van der Waals surface area contributed by atoms with Crippen molar-refractivity contribution in [1.82, 2.24) is 15.1 Å². The first-order chi connectivity index (χ1) is 14.8. The third-order valence-electron chi connectivity index (χ3n) is 4.64. The predicted octanol–water partition coefficient (Wildman–Crippen LogP) is 3.32. The smallest absolute Gasteiger partial charge is 0.241 e. The fourth-order valence-corrected chi connectivity index (χ4v) is 3.05. The van der Waals surface area contributed by atoms with Crippen LogP contribution in [0.4, 0.5) is 10.1 Å². The summed E-state index contributed by atoms with van der Waals surface area (Å²) < 4.78 is 20.6. The second-order valence-electron chi connectivity index (χ2n) is 7.39. The first kappa shape index (κ1) is 22.7. The number of likely N-dealkylation sites (N-methyl/N-ethyl adjacent to an activating group) is 1. The molecule has 1 unspecified atom stereocenters. The highest BCUT2D eigenvalue weighted by Gasteiger charge is 2.19. The predicted molar refractivity (Wildman–Crippen MR) is 120 cm³/mol. The monoisotopic (exact) mass is 445 g/mol. The van der Waals surface area contributed by atoms with E-state index in [0.717, 1.165) is 5.56 Å². The summed E-state index contributed by atoms with van der Waals surface area (Å²) in [7, 11) is 3.84. The number of aromatic nitrogens is 2. The number of nitrogens with one attached hydrogen (secondary N) is 2. The summed E-state index contributed by atoms with van der Waals surface area (Å²) in [5, 5.41) is 9.83. The molecule has 0 bridgehead atoms. The van der Waals surface area contributed by atoms with Crippen molar-refractivity contribution in [3.05, 3.63) is 65.2 Å². The van der Waals surface area contributed by atoms with Crippen LogP contribution in [0.3, 0.4) is 0 Å². The average Bonchev–Trinajstić information content (AvgIpc) is 3.25. The number of ether oxygens (including phenoxy) is 1. The molecule has 0 radical (unpaired) electrons. The number of halogens is 2. The van der Waals surface area contributed by atoms with Crippen LogP contribution in [0.2, 0.25) is 5.02 Å². The summed E-state index contributed by atoms with van der Waals surface area (Å²) in [4.78, 5) is 14.6. The second-order valence-corrected chi connectivity index (χ2v) is 7.83. The molecule has 0 saturated carbocycles. The summed E-state index contributed by atoms with van der Waals surface area (Å²) in [5.41, 5.74) is 8.06. The number of anilines is 1. The van der Waals surface area contributed by atoms with E-state index in [9.17, 15) is 9.18 Å². The van der Waals surface area contributed by atoms with Crippen LogP contribution in [-0.2, 0) is 11.2 Å². The lowest BCUT2D eigenvalue weighted by atomic mass is 10.1. The number of nitrogens with zero attached hydrogens (tertiary/aromatic N) is 2. The Labute approximate surface area is 185 Å². The van der Waals surface area contributed by atoms with Gasteiger partial charge in [0, 0.05) is 35.0 Å². The van der Waals surface area contributed by atoms with E-state index >= 15 is 0 Å². The van der Waals surface area contributed by atoms with E-state index in [1.54, 1.807) is 24.4 Å². The van der Waals surface area contributed by atoms with Crippen molar-refractivity contribution in [3.63, 3.8) is 0 Å². The molecule has 4 N–H and O–H groups in total. The molecule has 2 aromatic carbocycles. The molecular formula is C22H25ClFN5O2. The molecular weight excluding hydrogens is 421 g/mol. The summed E-state index contributed by atoms with van der Waals surface area (Å²) >= 11 is 5.89. The Hall–Kier alpha value is -2.94. The maximum absolute atomic E-state index is 14.8. The maximum atomic E-state index is 14.8. The topological polar surface area (TPSA) is 96.3 Å². The van der Waals surface area contributed by atoms with E-state index in [-0.39, 0.29) is 5.69 Å². The van der Waals surface area contributed by atoms with Crippen molar-refractivity contribution < 1.29 is 13.9 Å². The molecule has 0 aliphatic carbocycles. The molecule has 31 heavy (non-hydrogen) atoms. The molecule has 1 atom stereocenters. The number of nitrogens with two attached hydrogens (primary N) is 1. The number of hydrogen-bond acceptors (Lipinski definition) is 5. The average molecular weight is 446 g/mol. The van der Waals surface area contributed by atoms with Crippen LogP contribution in [-0.4, -0.2) is 54.3 Å². The van der Waals surface area contributed by atoms with Crippen LogP contribution in [0, 0.1) is 5.82 Å². The van der Waals surface area contributed by atoms with Gasteiger partial charge in [0.05, 0.1) is 17.9 Å². The van der Waals surface area contributed by atoms with E-state index in [1.807, 2.05) is 31.1 Å². The van der Waals surface area contributed by atoms with Gasteiger partial charge in [0.15, 0.2) is 0 Å². The molecule has 1 heterocycles. The largest absolute Gasteiger partial charge is 0.490 e. The number of carbonyl (C=O) groups is 1. The molecule has 0 fully saturated rings. The molecule has 1 amide bonds. The van der Waals surface area contributed by atoms with Crippen molar-refractivity contribution in [2.75, 3.05) is 32.6 Å². The maximum Gasteiger partial charge on any atom is 0.241 e. The van der Waals surface area contributed by atoms with Gasteiger partial charge in [-0.15, -0.1) is 0 Å². The fraction of sp³-hybridized carbons (Fsp3) is 0.273.